The molecule has 5 heterocycles. The molecule has 0 N–H and O–H groups in total. The van der Waals surface area contributed by atoms with Gasteiger partial charge in [-0.25, -0.2) is 4.98 Å². The number of morpholine rings is 1. The largest absolute Gasteiger partial charge is 0.464 e. The van der Waals surface area contributed by atoms with Crippen molar-refractivity contribution in [2.24, 2.45) is 0 Å². The first-order valence-electron chi connectivity index (χ1n) is 8.82. The molecule has 0 spiro atoms. The smallest absolute Gasteiger partial charge is 0.253 e. The summed E-state index contributed by atoms with van der Waals surface area (Å²) in [6, 6.07) is 5.90. The predicted molar refractivity (Wildman–Crippen MR) is 99.4 cm³/mol. The maximum absolute atomic E-state index is 13.0. The average molecular weight is 369 g/mol. The maximum atomic E-state index is 13.0. The zero-order chi connectivity index (χ0) is 17.5. The van der Waals surface area contributed by atoms with Crippen LogP contribution in [-0.4, -0.2) is 48.1 Å². The molecule has 134 valence electrons. The minimum absolute atomic E-state index is 0.0749. The van der Waals surface area contributed by atoms with Crippen LogP contribution < -0.4 is 4.90 Å². The van der Waals surface area contributed by atoms with E-state index >= 15 is 0 Å². The summed E-state index contributed by atoms with van der Waals surface area (Å²) >= 11 is 1.78. The fraction of sp³-hybridized carbons (Fsp3) is 0.368. The van der Waals surface area contributed by atoms with Gasteiger partial charge in [0.25, 0.3) is 5.91 Å². The lowest BCUT2D eigenvalue weighted by Crippen LogP contribution is -2.52. The lowest BCUT2D eigenvalue weighted by atomic mass is 10.1. The number of carbonyl (C=O) groups is 1. The zero-order valence-electron chi connectivity index (χ0n) is 14.3. The Morgan fingerprint density at radius 3 is 3.19 bits per heavy atom. The summed E-state index contributed by atoms with van der Waals surface area (Å²) in [4.78, 5) is 23.0. The summed E-state index contributed by atoms with van der Waals surface area (Å²) in [5.74, 6) is 0.932. The third-order valence-corrected chi connectivity index (χ3v) is 6.14. The molecule has 1 amide bonds. The second-order valence-electron chi connectivity index (χ2n) is 6.65. The number of ether oxygens (including phenoxy) is 1. The first-order valence-corrected chi connectivity index (χ1v) is 9.70. The molecule has 7 heteroatoms. The number of carbonyl (C=O) groups excluding carboxylic acids is 1. The molecular formula is C19H19N3O3S. The van der Waals surface area contributed by atoms with E-state index in [0.717, 1.165) is 36.3 Å². The van der Waals surface area contributed by atoms with E-state index in [1.807, 2.05) is 17.0 Å². The van der Waals surface area contributed by atoms with Crippen LogP contribution in [0.4, 0.5) is 5.82 Å². The second-order valence-corrected chi connectivity index (χ2v) is 7.65. The molecule has 0 radical (unpaired) electrons. The number of hydrogen-bond donors (Lipinski definition) is 0. The van der Waals surface area contributed by atoms with E-state index in [4.69, 9.17) is 9.15 Å². The van der Waals surface area contributed by atoms with E-state index in [-0.39, 0.29) is 5.91 Å². The van der Waals surface area contributed by atoms with Crippen molar-refractivity contribution in [2.45, 2.75) is 19.1 Å². The molecule has 1 atom stereocenters. The number of nitrogens with zero attached hydrogens (tertiary/aromatic N) is 3. The van der Waals surface area contributed by atoms with Gasteiger partial charge < -0.3 is 19.0 Å². The van der Waals surface area contributed by atoms with Gasteiger partial charge in [-0.3, -0.25) is 4.79 Å². The number of pyridine rings is 1. The molecule has 1 unspecified atom stereocenters. The molecule has 0 bridgehead atoms. The minimum atomic E-state index is -0.451. The molecule has 2 aliphatic rings. The Morgan fingerprint density at radius 2 is 2.23 bits per heavy atom. The van der Waals surface area contributed by atoms with Crippen molar-refractivity contribution < 1.29 is 13.9 Å². The topological polar surface area (TPSA) is 58.8 Å². The van der Waals surface area contributed by atoms with Crippen LogP contribution in [0, 0.1) is 0 Å². The Labute approximate surface area is 155 Å². The summed E-state index contributed by atoms with van der Waals surface area (Å²) in [6.07, 6.45) is 3.90. The number of amides is 1. The van der Waals surface area contributed by atoms with Crippen molar-refractivity contribution in [1.82, 2.24) is 9.88 Å². The normalized spacial score (nSPS) is 20.4. The van der Waals surface area contributed by atoms with Gasteiger partial charge in [0.05, 0.1) is 24.8 Å². The van der Waals surface area contributed by atoms with Crippen LogP contribution in [0.2, 0.25) is 0 Å². The lowest BCUT2D eigenvalue weighted by Gasteiger charge is -2.36. The maximum Gasteiger partial charge on any atom is 0.253 e. The quantitative estimate of drug-likeness (QED) is 0.695. The SMILES string of the molecule is O=C(C1CN(c2nccc3occc23)CCO1)N1CCc2sccc2C1. The molecule has 26 heavy (non-hydrogen) atoms. The van der Waals surface area contributed by atoms with Gasteiger partial charge in [-0.15, -0.1) is 11.3 Å². The van der Waals surface area contributed by atoms with Crippen LogP contribution in [0.5, 0.6) is 0 Å². The van der Waals surface area contributed by atoms with Gasteiger partial charge in [-0.05, 0) is 35.6 Å². The summed E-state index contributed by atoms with van der Waals surface area (Å²) < 4.78 is 11.3. The van der Waals surface area contributed by atoms with Crippen molar-refractivity contribution in [2.75, 3.05) is 31.1 Å². The Kier molecular flexibility index (Phi) is 3.90. The molecule has 1 fully saturated rings. The molecule has 2 aliphatic heterocycles. The van der Waals surface area contributed by atoms with E-state index in [1.54, 1.807) is 23.8 Å². The van der Waals surface area contributed by atoms with Crippen LogP contribution in [-0.2, 0) is 22.5 Å². The molecule has 0 aliphatic carbocycles. The van der Waals surface area contributed by atoms with Crippen LogP contribution >= 0.6 is 11.3 Å². The van der Waals surface area contributed by atoms with Gasteiger partial charge in [-0.2, -0.15) is 0 Å². The van der Waals surface area contributed by atoms with Gasteiger partial charge >= 0.3 is 0 Å². The number of anilines is 1. The molecule has 6 nitrogen and oxygen atoms in total. The highest BCUT2D eigenvalue weighted by Gasteiger charge is 2.33. The standard InChI is InChI=1S/C19H19N3O3S/c23-19(22-6-2-17-13(11-22)4-10-26-17)16-12-21(7-9-25-16)18-14-3-8-24-15(14)1-5-20-18/h1,3-5,8,10,16H,2,6-7,9,11-12H2. The van der Waals surface area contributed by atoms with Gasteiger partial charge in [0, 0.05) is 30.7 Å². The minimum Gasteiger partial charge on any atom is -0.464 e. The predicted octanol–water partition coefficient (Wildman–Crippen LogP) is 2.68. The first-order chi connectivity index (χ1) is 12.8. The fourth-order valence-corrected chi connectivity index (χ4v) is 4.65. The third kappa shape index (κ3) is 2.68. The van der Waals surface area contributed by atoms with Crippen LogP contribution in [0.15, 0.2) is 40.5 Å². The van der Waals surface area contributed by atoms with Crippen molar-refractivity contribution in [3.8, 4) is 0 Å². The zero-order valence-corrected chi connectivity index (χ0v) is 15.1. The highest BCUT2D eigenvalue weighted by atomic mass is 32.1. The van der Waals surface area contributed by atoms with Crippen molar-refractivity contribution >= 4 is 34.0 Å². The molecule has 0 aromatic carbocycles. The number of thiophene rings is 1. The summed E-state index contributed by atoms with van der Waals surface area (Å²) in [7, 11) is 0. The van der Waals surface area contributed by atoms with Gasteiger partial charge in [0.1, 0.15) is 11.4 Å². The number of rotatable bonds is 2. The lowest BCUT2D eigenvalue weighted by molar-refractivity contribution is -0.145. The Bertz CT molecular complexity index is 950. The first kappa shape index (κ1) is 15.8. The van der Waals surface area contributed by atoms with Crippen molar-refractivity contribution in [1.29, 1.82) is 0 Å². The molecule has 3 aromatic rings. The number of aromatic nitrogens is 1. The van der Waals surface area contributed by atoms with Crippen LogP contribution in [0.25, 0.3) is 11.0 Å². The monoisotopic (exact) mass is 369 g/mol. The second kappa shape index (κ2) is 6.41. The van der Waals surface area contributed by atoms with Gasteiger partial charge in [0.15, 0.2) is 6.10 Å². The van der Waals surface area contributed by atoms with E-state index in [2.05, 4.69) is 21.3 Å². The van der Waals surface area contributed by atoms with Gasteiger partial charge in [0.2, 0.25) is 0 Å². The van der Waals surface area contributed by atoms with Crippen LogP contribution in [0.1, 0.15) is 10.4 Å². The number of fused-ring (bicyclic) bond motifs is 2. The molecule has 1 saturated heterocycles. The number of furan rings is 1. The van der Waals surface area contributed by atoms with Gasteiger partial charge in [-0.1, -0.05) is 0 Å². The van der Waals surface area contributed by atoms with E-state index in [9.17, 15) is 4.79 Å². The van der Waals surface area contributed by atoms with Crippen molar-refractivity contribution in [3.63, 3.8) is 0 Å². The average Bonchev–Trinajstić information content (AvgIpc) is 3.35. The highest BCUT2D eigenvalue weighted by molar-refractivity contribution is 7.10. The molecule has 5 rings (SSSR count). The Morgan fingerprint density at radius 1 is 1.27 bits per heavy atom. The molecule has 3 aromatic heterocycles. The highest BCUT2D eigenvalue weighted by Crippen LogP contribution is 2.28. The van der Waals surface area contributed by atoms with E-state index in [0.29, 0.717) is 19.7 Å². The van der Waals surface area contributed by atoms with E-state index < -0.39 is 6.10 Å². The Balaban J connectivity index is 1.34. The summed E-state index contributed by atoms with van der Waals surface area (Å²) in [5.41, 5.74) is 2.08. The summed E-state index contributed by atoms with van der Waals surface area (Å²) in [6.45, 7) is 3.21. The van der Waals surface area contributed by atoms with Crippen molar-refractivity contribution in [3.05, 3.63) is 46.5 Å². The van der Waals surface area contributed by atoms with E-state index in [1.165, 1.54) is 10.4 Å². The Hall–Kier alpha value is -2.38. The van der Waals surface area contributed by atoms with Crippen LogP contribution in [0.3, 0.4) is 0 Å². The summed E-state index contributed by atoms with van der Waals surface area (Å²) in [5, 5.41) is 3.08. The molecule has 0 saturated carbocycles. The third-order valence-electron chi connectivity index (χ3n) is 5.12. The number of hydrogen-bond acceptors (Lipinski definition) is 6. The molecular weight excluding hydrogens is 350 g/mol. The fourth-order valence-electron chi connectivity index (χ4n) is 3.76.